The number of benzene rings is 1. The molecule has 0 atom stereocenters. The summed E-state index contributed by atoms with van der Waals surface area (Å²) in [5, 5.41) is 3.93. The lowest BCUT2D eigenvalue weighted by atomic mass is 10.1. The molecular formula is C13H11Cl2N3O. The fourth-order valence-electron chi connectivity index (χ4n) is 1.56. The van der Waals surface area contributed by atoms with Crippen molar-refractivity contribution < 1.29 is 4.84 Å². The number of aromatic nitrogens is 2. The average Bonchev–Trinajstić information content (AvgIpc) is 2.46. The zero-order valence-electron chi connectivity index (χ0n) is 10.1. The number of rotatable bonds is 4. The van der Waals surface area contributed by atoms with Crippen LogP contribution in [0, 0.1) is 0 Å². The predicted molar refractivity (Wildman–Crippen MR) is 75.4 cm³/mol. The molecule has 0 spiro atoms. The Morgan fingerprint density at radius 2 is 1.95 bits per heavy atom. The van der Waals surface area contributed by atoms with Crippen molar-refractivity contribution in [1.29, 1.82) is 0 Å². The smallest absolute Gasteiger partial charge is 0.206 e. The van der Waals surface area contributed by atoms with Crippen LogP contribution in [-0.4, -0.2) is 22.8 Å². The van der Waals surface area contributed by atoms with Gasteiger partial charge in [0.1, 0.15) is 18.5 Å². The van der Waals surface area contributed by atoms with Crippen LogP contribution in [0.15, 0.2) is 54.1 Å². The van der Waals surface area contributed by atoms with Gasteiger partial charge in [-0.15, -0.1) is 0 Å². The van der Waals surface area contributed by atoms with Crippen molar-refractivity contribution in [3.05, 3.63) is 60.2 Å². The third-order valence-electron chi connectivity index (χ3n) is 2.41. The highest BCUT2D eigenvalue weighted by atomic mass is 35.5. The number of oxime groups is 1. The molecule has 1 heterocycles. The first-order chi connectivity index (χ1) is 9.16. The van der Waals surface area contributed by atoms with Crippen LogP contribution < -0.4 is 0 Å². The number of nitrogens with zero attached hydrogens (tertiary/aromatic N) is 3. The molecule has 4 nitrogen and oxygen atoms in total. The van der Waals surface area contributed by atoms with Crippen LogP contribution >= 0.6 is 23.2 Å². The zero-order valence-corrected chi connectivity index (χ0v) is 11.6. The van der Waals surface area contributed by atoms with Crippen LogP contribution in [-0.2, 0) is 9.17 Å². The molecule has 2 rings (SSSR count). The fraction of sp³-hybridized carbons (Fsp3) is 0.154. The molecule has 0 aliphatic rings. The first kappa shape index (κ1) is 13.8. The molecule has 2 aromatic rings. The van der Waals surface area contributed by atoms with Gasteiger partial charge in [0.05, 0.1) is 6.20 Å². The van der Waals surface area contributed by atoms with Gasteiger partial charge in [0, 0.05) is 18.0 Å². The molecule has 0 amide bonds. The summed E-state index contributed by atoms with van der Waals surface area (Å²) in [6, 6.07) is 9.30. The zero-order chi connectivity index (χ0) is 13.7. The van der Waals surface area contributed by atoms with E-state index in [0.717, 1.165) is 5.56 Å². The quantitative estimate of drug-likeness (QED) is 0.494. The number of hydrogen-bond acceptors (Lipinski definition) is 4. The number of halogens is 2. The topological polar surface area (TPSA) is 47.4 Å². The molecule has 19 heavy (non-hydrogen) atoms. The van der Waals surface area contributed by atoms with Gasteiger partial charge in [0.25, 0.3) is 0 Å². The molecule has 98 valence electrons. The lowest BCUT2D eigenvalue weighted by Gasteiger charge is -2.20. The Hall–Kier alpha value is -1.65. The maximum absolute atomic E-state index is 6.39. The van der Waals surface area contributed by atoms with Crippen molar-refractivity contribution in [1.82, 2.24) is 9.97 Å². The molecule has 0 radical (unpaired) electrons. The van der Waals surface area contributed by atoms with E-state index in [-0.39, 0.29) is 0 Å². The van der Waals surface area contributed by atoms with Gasteiger partial charge in [0.15, 0.2) is 0 Å². The lowest BCUT2D eigenvalue weighted by Crippen LogP contribution is -2.26. The maximum atomic E-state index is 6.39. The van der Waals surface area contributed by atoms with Crippen molar-refractivity contribution in [3.63, 3.8) is 0 Å². The number of hydrogen-bond donors (Lipinski definition) is 0. The van der Waals surface area contributed by atoms with Crippen molar-refractivity contribution in [2.24, 2.45) is 5.16 Å². The number of alkyl halides is 2. The van der Waals surface area contributed by atoms with E-state index in [1.807, 2.05) is 30.3 Å². The third-order valence-corrected chi connectivity index (χ3v) is 3.16. The van der Waals surface area contributed by atoms with Crippen LogP contribution in [0.2, 0.25) is 0 Å². The van der Waals surface area contributed by atoms with E-state index in [0.29, 0.717) is 11.4 Å². The Labute approximate surface area is 121 Å². The summed E-state index contributed by atoms with van der Waals surface area (Å²) < 4.78 is -1.44. The van der Waals surface area contributed by atoms with Crippen molar-refractivity contribution in [2.75, 3.05) is 7.11 Å². The van der Waals surface area contributed by atoms with E-state index in [1.54, 1.807) is 6.20 Å². The van der Waals surface area contributed by atoms with E-state index < -0.39 is 4.33 Å². The van der Waals surface area contributed by atoms with Gasteiger partial charge in [-0.1, -0.05) is 58.7 Å². The van der Waals surface area contributed by atoms with E-state index in [4.69, 9.17) is 28.0 Å². The van der Waals surface area contributed by atoms with Crippen molar-refractivity contribution >= 4 is 28.9 Å². The monoisotopic (exact) mass is 295 g/mol. The van der Waals surface area contributed by atoms with Crippen molar-refractivity contribution in [2.45, 2.75) is 4.33 Å². The highest BCUT2D eigenvalue weighted by Gasteiger charge is 2.37. The Bertz CT molecular complexity index is 559. The van der Waals surface area contributed by atoms with Crippen LogP contribution in [0.3, 0.4) is 0 Å². The molecule has 0 saturated heterocycles. The van der Waals surface area contributed by atoms with Gasteiger partial charge in [-0.25, -0.2) is 0 Å². The summed E-state index contributed by atoms with van der Waals surface area (Å²) in [5.41, 5.74) is 1.50. The van der Waals surface area contributed by atoms with E-state index in [1.165, 1.54) is 19.5 Å². The largest absolute Gasteiger partial charge is 0.399 e. The van der Waals surface area contributed by atoms with E-state index in [9.17, 15) is 0 Å². The van der Waals surface area contributed by atoms with Gasteiger partial charge >= 0.3 is 0 Å². The van der Waals surface area contributed by atoms with E-state index in [2.05, 4.69) is 15.1 Å². The van der Waals surface area contributed by atoms with Crippen LogP contribution in [0.4, 0.5) is 0 Å². The van der Waals surface area contributed by atoms with Crippen LogP contribution in [0.25, 0.3) is 0 Å². The molecule has 0 saturated carbocycles. The van der Waals surface area contributed by atoms with Gasteiger partial charge < -0.3 is 4.84 Å². The molecular weight excluding hydrogens is 285 g/mol. The summed E-state index contributed by atoms with van der Waals surface area (Å²) in [5.74, 6) is 0. The molecule has 1 aromatic heterocycles. The minimum absolute atomic E-state index is 0.361. The second-order valence-electron chi connectivity index (χ2n) is 3.65. The van der Waals surface area contributed by atoms with Crippen LogP contribution in [0.5, 0.6) is 0 Å². The second kappa shape index (κ2) is 5.99. The Morgan fingerprint density at radius 1 is 1.21 bits per heavy atom. The molecule has 0 aliphatic heterocycles. The Balaban J connectivity index is 2.49. The average molecular weight is 296 g/mol. The second-order valence-corrected chi connectivity index (χ2v) is 4.98. The first-order valence-corrected chi connectivity index (χ1v) is 6.23. The highest BCUT2D eigenvalue weighted by molar-refractivity contribution is 6.59. The molecule has 0 N–H and O–H groups in total. The predicted octanol–water partition coefficient (Wildman–Crippen LogP) is 3.16. The molecule has 0 bridgehead atoms. The summed E-state index contributed by atoms with van der Waals surface area (Å²) in [7, 11) is 1.43. The lowest BCUT2D eigenvalue weighted by molar-refractivity contribution is 0.212. The summed E-state index contributed by atoms with van der Waals surface area (Å²) in [4.78, 5) is 12.9. The van der Waals surface area contributed by atoms with Crippen LogP contribution in [0.1, 0.15) is 11.3 Å². The Morgan fingerprint density at radius 3 is 2.53 bits per heavy atom. The van der Waals surface area contributed by atoms with E-state index >= 15 is 0 Å². The van der Waals surface area contributed by atoms with Crippen molar-refractivity contribution in [3.8, 4) is 0 Å². The highest BCUT2D eigenvalue weighted by Crippen LogP contribution is 2.36. The summed E-state index contributed by atoms with van der Waals surface area (Å²) >= 11 is 12.8. The maximum Gasteiger partial charge on any atom is 0.206 e. The minimum atomic E-state index is -1.44. The molecule has 0 aliphatic carbocycles. The first-order valence-electron chi connectivity index (χ1n) is 5.47. The standard InChI is InChI=1S/C13H11Cl2N3O/c1-19-18-12(10-5-3-2-4-6-10)13(14,15)11-9-16-7-8-17-11/h2-9H,1H3. The van der Waals surface area contributed by atoms with Gasteiger partial charge in [-0.3, -0.25) is 9.97 Å². The summed E-state index contributed by atoms with van der Waals surface area (Å²) in [6.07, 6.45) is 4.56. The molecule has 0 unspecified atom stereocenters. The Kier molecular flexibility index (Phi) is 4.35. The molecule has 6 heteroatoms. The van der Waals surface area contributed by atoms with Gasteiger partial charge in [-0.05, 0) is 0 Å². The molecule has 0 fully saturated rings. The third kappa shape index (κ3) is 3.03. The summed E-state index contributed by atoms with van der Waals surface area (Å²) in [6.45, 7) is 0. The SMILES string of the molecule is CON=C(c1ccccc1)C(Cl)(Cl)c1cnccn1. The normalized spacial score (nSPS) is 12.3. The minimum Gasteiger partial charge on any atom is -0.399 e. The molecule has 1 aromatic carbocycles. The van der Waals surface area contributed by atoms with Gasteiger partial charge in [-0.2, -0.15) is 0 Å². The fourth-order valence-corrected chi connectivity index (χ4v) is 2.04. The van der Waals surface area contributed by atoms with Gasteiger partial charge in [0.2, 0.25) is 4.33 Å².